The molecule has 1 aromatic heterocycles. The standard InChI is InChI=1S/C25H26Cl2N6O4/c26-18-2-1-3-19(27)17(18)12-31-23-22(28)30-13-20(32-23)15-6-4-14(5-7-15)11-29-16-8-9-33(25(36)37)21(10-16)24(34)35/h1-7,13,16,21,29H,8-12H2,(H2,28,30)(H,31,32)(H,34,35)(H,36,37)/t16?,21-/m1/s1. The molecule has 12 heteroatoms. The zero-order chi connectivity index (χ0) is 26.5. The minimum atomic E-state index is -1.21. The van der Waals surface area contributed by atoms with Gasteiger partial charge in [-0.25, -0.2) is 19.6 Å². The number of nitrogens with two attached hydrogens (primary N) is 1. The van der Waals surface area contributed by atoms with Crippen molar-refractivity contribution in [1.29, 1.82) is 0 Å². The summed E-state index contributed by atoms with van der Waals surface area (Å²) in [6.07, 6.45) is 1.15. The van der Waals surface area contributed by atoms with Gasteiger partial charge in [0.25, 0.3) is 0 Å². The first-order valence-electron chi connectivity index (χ1n) is 11.6. The molecule has 194 valence electrons. The molecule has 1 fully saturated rings. The van der Waals surface area contributed by atoms with Crippen LogP contribution >= 0.6 is 23.2 Å². The van der Waals surface area contributed by atoms with Gasteiger partial charge in [-0.2, -0.15) is 0 Å². The smallest absolute Gasteiger partial charge is 0.408 e. The van der Waals surface area contributed by atoms with E-state index in [1.54, 1.807) is 24.4 Å². The van der Waals surface area contributed by atoms with Crippen LogP contribution in [0.5, 0.6) is 0 Å². The summed E-state index contributed by atoms with van der Waals surface area (Å²) < 4.78 is 0. The Bertz CT molecular complexity index is 1270. The number of carbonyl (C=O) groups is 2. The third-order valence-electron chi connectivity index (χ3n) is 6.27. The summed E-state index contributed by atoms with van der Waals surface area (Å²) in [6.45, 7) is 1.03. The number of benzene rings is 2. The first-order valence-corrected chi connectivity index (χ1v) is 12.3. The molecule has 2 heterocycles. The van der Waals surface area contributed by atoms with E-state index in [1.165, 1.54) is 0 Å². The monoisotopic (exact) mass is 544 g/mol. The second-order valence-electron chi connectivity index (χ2n) is 8.67. The average Bonchev–Trinajstić information content (AvgIpc) is 2.88. The van der Waals surface area contributed by atoms with Crippen molar-refractivity contribution in [2.24, 2.45) is 0 Å². The summed E-state index contributed by atoms with van der Waals surface area (Å²) in [4.78, 5) is 32.6. The Balaban J connectivity index is 1.38. The van der Waals surface area contributed by atoms with Crippen LogP contribution in [0.25, 0.3) is 11.3 Å². The molecule has 37 heavy (non-hydrogen) atoms. The van der Waals surface area contributed by atoms with Gasteiger partial charge in [0.05, 0.1) is 11.9 Å². The lowest BCUT2D eigenvalue weighted by atomic mass is 9.97. The van der Waals surface area contributed by atoms with E-state index in [9.17, 15) is 19.8 Å². The van der Waals surface area contributed by atoms with Crippen molar-refractivity contribution in [1.82, 2.24) is 20.2 Å². The molecule has 0 spiro atoms. The fourth-order valence-corrected chi connectivity index (χ4v) is 4.74. The number of likely N-dealkylation sites (tertiary alicyclic amines) is 1. The molecule has 1 aliphatic rings. The van der Waals surface area contributed by atoms with Gasteiger partial charge in [-0.15, -0.1) is 0 Å². The minimum Gasteiger partial charge on any atom is -0.480 e. The molecule has 3 aromatic rings. The Kier molecular flexibility index (Phi) is 8.32. The quantitative estimate of drug-likeness (QED) is 0.278. The number of piperidine rings is 1. The van der Waals surface area contributed by atoms with Gasteiger partial charge < -0.3 is 26.6 Å². The van der Waals surface area contributed by atoms with Crippen LogP contribution in [0, 0.1) is 0 Å². The molecule has 1 unspecified atom stereocenters. The predicted octanol–water partition coefficient (Wildman–Crippen LogP) is 4.33. The van der Waals surface area contributed by atoms with Crippen molar-refractivity contribution in [3.63, 3.8) is 0 Å². The van der Waals surface area contributed by atoms with Crippen LogP contribution in [-0.2, 0) is 17.9 Å². The summed E-state index contributed by atoms with van der Waals surface area (Å²) in [6, 6.07) is 11.9. The molecule has 10 nitrogen and oxygen atoms in total. The van der Waals surface area contributed by atoms with Crippen LogP contribution in [0.3, 0.4) is 0 Å². The zero-order valence-corrected chi connectivity index (χ0v) is 21.2. The fourth-order valence-electron chi connectivity index (χ4n) is 4.21. The second-order valence-corrected chi connectivity index (χ2v) is 9.49. The van der Waals surface area contributed by atoms with E-state index < -0.39 is 18.1 Å². The highest BCUT2D eigenvalue weighted by molar-refractivity contribution is 6.36. The Hall–Kier alpha value is -3.60. The maximum atomic E-state index is 11.5. The van der Waals surface area contributed by atoms with Gasteiger partial charge >= 0.3 is 12.1 Å². The van der Waals surface area contributed by atoms with Gasteiger partial charge in [-0.1, -0.05) is 53.5 Å². The minimum absolute atomic E-state index is 0.0976. The van der Waals surface area contributed by atoms with Crippen molar-refractivity contribution in [2.75, 3.05) is 17.6 Å². The summed E-state index contributed by atoms with van der Waals surface area (Å²) >= 11 is 12.5. The first kappa shape index (κ1) is 26.5. The maximum Gasteiger partial charge on any atom is 0.408 e. The lowest BCUT2D eigenvalue weighted by Crippen LogP contribution is -2.53. The second kappa shape index (κ2) is 11.6. The van der Waals surface area contributed by atoms with Crippen molar-refractivity contribution >= 4 is 46.9 Å². The highest BCUT2D eigenvalue weighted by Gasteiger charge is 2.36. The van der Waals surface area contributed by atoms with E-state index in [-0.39, 0.29) is 24.8 Å². The van der Waals surface area contributed by atoms with Gasteiger partial charge in [0.2, 0.25) is 0 Å². The topological polar surface area (TPSA) is 154 Å². The molecular weight excluding hydrogens is 519 g/mol. The van der Waals surface area contributed by atoms with Crippen molar-refractivity contribution in [2.45, 2.75) is 38.0 Å². The third kappa shape index (κ3) is 6.40. The van der Waals surface area contributed by atoms with Gasteiger partial charge in [0.1, 0.15) is 6.04 Å². The third-order valence-corrected chi connectivity index (χ3v) is 6.98. The number of rotatable bonds is 8. The van der Waals surface area contributed by atoms with Crippen LogP contribution in [0.4, 0.5) is 16.4 Å². The van der Waals surface area contributed by atoms with Crippen LogP contribution in [0.15, 0.2) is 48.7 Å². The Labute approximate surface area is 223 Å². The average molecular weight is 545 g/mol. The summed E-state index contributed by atoms with van der Waals surface area (Å²) in [5.74, 6) is -0.465. The number of nitrogen functional groups attached to an aromatic ring is 1. The number of anilines is 2. The van der Waals surface area contributed by atoms with Crippen LogP contribution in [0.1, 0.15) is 24.0 Å². The number of carboxylic acid groups (broad SMARTS) is 2. The molecule has 1 saturated heterocycles. The molecule has 4 rings (SSSR count). The molecule has 2 atom stereocenters. The van der Waals surface area contributed by atoms with Crippen LogP contribution in [0.2, 0.25) is 10.0 Å². The molecule has 0 saturated carbocycles. The molecule has 1 amide bonds. The van der Waals surface area contributed by atoms with E-state index in [0.29, 0.717) is 41.1 Å². The lowest BCUT2D eigenvalue weighted by molar-refractivity contribution is -0.144. The Morgan fingerprint density at radius 2 is 1.78 bits per heavy atom. The summed E-state index contributed by atoms with van der Waals surface area (Å²) in [5, 5.41) is 26.2. The predicted molar refractivity (Wildman–Crippen MR) is 142 cm³/mol. The van der Waals surface area contributed by atoms with E-state index in [4.69, 9.17) is 28.9 Å². The van der Waals surface area contributed by atoms with Gasteiger partial charge in [0.15, 0.2) is 11.6 Å². The first-order chi connectivity index (χ1) is 17.7. The van der Waals surface area contributed by atoms with Gasteiger partial charge in [-0.3, -0.25) is 4.90 Å². The Morgan fingerprint density at radius 3 is 2.43 bits per heavy atom. The molecule has 0 bridgehead atoms. The zero-order valence-electron chi connectivity index (χ0n) is 19.7. The van der Waals surface area contributed by atoms with E-state index in [0.717, 1.165) is 21.6 Å². The number of aliphatic carboxylic acids is 1. The highest BCUT2D eigenvalue weighted by atomic mass is 35.5. The van der Waals surface area contributed by atoms with Crippen LogP contribution < -0.4 is 16.4 Å². The fraction of sp³-hybridized carbons (Fsp3) is 0.280. The number of amides is 1. The number of halogens is 2. The van der Waals surface area contributed by atoms with E-state index in [1.807, 2.05) is 24.3 Å². The molecule has 2 aromatic carbocycles. The number of aromatic nitrogens is 2. The molecule has 0 aliphatic carbocycles. The van der Waals surface area contributed by atoms with E-state index >= 15 is 0 Å². The van der Waals surface area contributed by atoms with Crippen molar-refractivity contribution in [3.05, 3.63) is 69.8 Å². The number of nitrogens with one attached hydrogen (secondary N) is 2. The molecule has 0 radical (unpaired) electrons. The lowest BCUT2D eigenvalue weighted by Gasteiger charge is -2.35. The van der Waals surface area contributed by atoms with Crippen molar-refractivity contribution in [3.8, 4) is 11.3 Å². The maximum absolute atomic E-state index is 11.5. The molecule has 6 N–H and O–H groups in total. The number of hydrogen-bond acceptors (Lipinski definition) is 7. The van der Waals surface area contributed by atoms with Crippen molar-refractivity contribution < 1.29 is 19.8 Å². The molecule has 1 aliphatic heterocycles. The summed E-state index contributed by atoms with van der Waals surface area (Å²) in [5.41, 5.74) is 9.21. The normalized spacial score (nSPS) is 17.4. The molecular formula is C25H26Cl2N6O4. The van der Waals surface area contributed by atoms with Gasteiger partial charge in [-0.05, 0) is 30.5 Å². The number of nitrogens with zero attached hydrogens (tertiary/aromatic N) is 3. The summed E-state index contributed by atoms with van der Waals surface area (Å²) in [7, 11) is 0. The SMILES string of the molecule is Nc1ncc(-c2ccc(CNC3CCN(C(=O)O)[C@@H](C(=O)O)C3)cc2)nc1NCc1c(Cl)cccc1Cl. The largest absolute Gasteiger partial charge is 0.480 e. The highest BCUT2D eigenvalue weighted by Crippen LogP contribution is 2.27. The Morgan fingerprint density at radius 1 is 1.08 bits per heavy atom. The van der Waals surface area contributed by atoms with E-state index in [2.05, 4.69) is 20.6 Å². The number of hydrogen-bond donors (Lipinski definition) is 5. The number of carboxylic acids is 1. The van der Waals surface area contributed by atoms with Gasteiger partial charge in [0, 0.05) is 46.8 Å². The van der Waals surface area contributed by atoms with Crippen LogP contribution in [-0.4, -0.2) is 55.8 Å².